The van der Waals surface area contributed by atoms with Crippen molar-refractivity contribution >= 4 is 5.78 Å². The zero-order valence-corrected chi connectivity index (χ0v) is 10.2. The van der Waals surface area contributed by atoms with Crippen LogP contribution in [0.25, 0.3) is 0 Å². The molecular weight excluding hydrogens is 236 g/mol. The Kier molecular flexibility index (Phi) is 3.22. The predicted octanol–water partition coefficient (Wildman–Crippen LogP) is 0.458. The van der Waals surface area contributed by atoms with E-state index in [4.69, 9.17) is 9.47 Å². The van der Waals surface area contributed by atoms with Crippen LogP contribution in [0.4, 0.5) is 0 Å². The number of aromatic nitrogens is 4. The van der Waals surface area contributed by atoms with Crippen LogP contribution < -0.4 is 9.47 Å². The van der Waals surface area contributed by atoms with Crippen LogP contribution in [0.15, 0.2) is 18.6 Å². The summed E-state index contributed by atoms with van der Waals surface area (Å²) in [4.78, 5) is 20.2. The van der Waals surface area contributed by atoms with Gasteiger partial charge in [-0.2, -0.15) is 10.1 Å². The van der Waals surface area contributed by atoms with Gasteiger partial charge in [0.2, 0.25) is 17.5 Å². The highest BCUT2D eigenvalue weighted by molar-refractivity contribution is 6.08. The molecule has 0 aliphatic heterocycles. The fraction of sp³-hybridized carbons (Fsp3) is 0.273. The molecule has 2 heterocycles. The molecule has 0 bridgehead atoms. The van der Waals surface area contributed by atoms with Gasteiger partial charge in [0.05, 0.1) is 32.2 Å². The van der Waals surface area contributed by atoms with Gasteiger partial charge in [0, 0.05) is 13.2 Å². The lowest BCUT2D eigenvalue weighted by Gasteiger charge is -2.06. The Balaban J connectivity index is 2.41. The molecule has 0 saturated carbocycles. The van der Waals surface area contributed by atoms with Gasteiger partial charge in [-0.25, -0.2) is 4.98 Å². The van der Waals surface area contributed by atoms with Crippen molar-refractivity contribution in [2.75, 3.05) is 14.2 Å². The van der Waals surface area contributed by atoms with Crippen LogP contribution in [0.3, 0.4) is 0 Å². The average molecular weight is 248 g/mol. The number of methoxy groups -OCH3 is 2. The standard InChI is InChI=1S/C11H12N4O3/c1-15-6-7(4-13-15)10(16)9-11(18-3)14-8(17-2)5-12-9/h4-6H,1-3H3. The predicted molar refractivity (Wildman–Crippen MR) is 61.8 cm³/mol. The Morgan fingerprint density at radius 1 is 1.28 bits per heavy atom. The highest BCUT2D eigenvalue weighted by Gasteiger charge is 2.19. The summed E-state index contributed by atoms with van der Waals surface area (Å²) in [5, 5.41) is 3.93. The number of hydrogen-bond donors (Lipinski definition) is 0. The van der Waals surface area contributed by atoms with E-state index in [9.17, 15) is 4.79 Å². The molecule has 0 fully saturated rings. The molecule has 0 amide bonds. The number of ether oxygens (including phenoxy) is 2. The van der Waals surface area contributed by atoms with Crippen molar-refractivity contribution in [2.45, 2.75) is 0 Å². The van der Waals surface area contributed by atoms with Crippen molar-refractivity contribution in [3.05, 3.63) is 29.8 Å². The highest BCUT2D eigenvalue weighted by Crippen LogP contribution is 2.19. The van der Waals surface area contributed by atoms with Crippen LogP contribution >= 0.6 is 0 Å². The first kappa shape index (κ1) is 12.0. The van der Waals surface area contributed by atoms with Gasteiger partial charge in [0.25, 0.3) is 0 Å². The Labute approximate surface area is 103 Å². The Morgan fingerprint density at radius 2 is 2.06 bits per heavy atom. The fourth-order valence-electron chi connectivity index (χ4n) is 1.43. The molecule has 0 aliphatic rings. The van der Waals surface area contributed by atoms with Crippen molar-refractivity contribution in [3.8, 4) is 11.8 Å². The zero-order valence-electron chi connectivity index (χ0n) is 10.2. The SMILES string of the molecule is COc1cnc(C(=O)c2cnn(C)c2)c(OC)n1. The van der Waals surface area contributed by atoms with Crippen LogP contribution in [-0.2, 0) is 7.05 Å². The molecule has 0 radical (unpaired) electrons. The van der Waals surface area contributed by atoms with E-state index in [1.165, 1.54) is 31.3 Å². The van der Waals surface area contributed by atoms with E-state index in [-0.39, 0.29) is 23.2 Å². The molecule has 7 heteroatoms. The summed E-state index contributed by atoms with van der Waals surface area (Å²) >= 11 is 0. The molecule has 0 unspecified atom stereocenters. The number of nitrogens with zero attached hydrogens (tertiary/aromatic N) is 4. The number of rotatable bonds is 4. The summed E-state index contributed by atoms with van der Waals surface area (Å²) in [6.07, 6.45) is 4.44. The van der Waals surface area contributed by atoms with Crippen molar-refractivity contribution in [1.29, 1.82) is 0 Å². The van der Waals surface area contributed by atoms with Crippen molar-refractivity contribution in [1.82, 2.24) is 19.7 Å². The molecule has 0 saturated heterocycles. The quantitative estimate of drug-likeness (QED) is 0.731. The van der Waals surface area contributed by atoms with Crippen molar-refractivity contribution in [3.63, 3.8) is 0 Å². The molecule has 18 heavy (non-hydrogen) atoms. The maximum atomic E-state index is 12.2. The third kappa shape index (κ3) is 2.15. The second kappa shape index (κ2) is 4.82. The fourth-order valence-corrected chi connectivity index (χ4v) is 1.43. The van der Waals surface area contributed by atoms with Gasteiger partial charge in [-0.05, 0) is 0 Å². The minimum Gasteiger partial charge on any atom is -0.480 e. The first-order chi connectivity index (χ1) is 8.65. The lowest BCUT2D eigenvalue weighted by atomic mass is 10.2. The van der Waals surface area contributed by atoms with E-state index in [0.29, 0.717) is 5.56 Å². The van der Waals surface area contributed by atoms with E-state index in [1.807, 2.05) is 0 Å². The van der Waals surface area contributed by atoms with Gasteiger partial charge in [0.15, 0.2) is 5.69 Å². The Morgan fingerprint density at radius 3 is 2.61 bits per heavy atom. The second-order valence-corrected chi connectivity index (χ2v) is 3.50. The van der Waals surface area contributed by atoms with Gasteiger partial charge in [0.1, 0.15) is 0 Å². The molecule has 0 aliphatic carbocycles. The van der Waals surface area contributed by atoms with Crippen LogP contribution in [0, 0.1) is 0 Å². The van der Waals surface area contributed by atoms with Gasteiger partial charge in [-0.1, -0.05) is 0 Å². The smallest absolute Gasteiger partial charge is 0.247 e. The number of aryl methyl sites for hydroxylation is 1. The Bertz CT molecular complexity index is 579. The van der Waals surface area contributed by atoms with Crippen molar-refractivity contribution in [2.24, 2.45) is 7.05 Å². The minimum absolute atomic E-state index is 0.128. The molecule has 0 aromatic carbocycles. The monoisotopic (exact) mass is 248 g/mol. The average Bonchev–Trinajstić information content (AvgIpc) is 2.83. The number of carbonyl (C=O) groups excluding carboxylic acids is 1. The van der Waals surface area contributed by atoms with E-state index in [2.05, 4.69) is 15.1 Å². The normalized spacial score (nSPS) is 10.2. The topological polar surface area (TPSA) is 79.1 Å². The minimum atomic E-state index is -0.296. The lowest BCUT2D eigenvalue weighted by molar-refractivity contribution is 0.103. The van der Waals surface area contributed by atoms with E-state index in [0.717, 1.165) is 0 Å². The molecule has 0 N–H and O–H groups in total. The molecule has 7 nitrogen and oxygen atoms in total. The molecule has 2 aromatic heterocycles. The molecule has 94 valence electrons. The van der Waals surface area contributed by atoms with Gasteiger partial charge in [-0.3, -0.25) is 9.48 Å². The van der Waals surface area contributed by atoms with Crippen LogP contribution in [0.5, 0.6) is 11.8 Å². The largest absolute Gasteiger partial charge is 0.480 e. The maximum Gasteiger partial charge on any atom is 0.247 e. The van der Waals surface area contributed by atoms with Crippen LogP contribution in [0.2, 0.25) is 0 Å². The summed E-state index contributed by atoms with van der Waals surface area (Å²) in [7, 11) is 4.61. The number of ketones is 1. The third-order valence-corrected chi connectivity index (χ3v) is 2.30. The molecule has 0 spiro atoms. The first-order valence-electron chi connectivity index (χ1n) is 5.14. The molecule has 2 aromatic rings. The summed E-state index contributed by atoms with van der Waals surface area (Å²) in [5.74, 6) is 0.118. The maximum absolute atomic E-state index is 12.2. The third-order valence-electron chi connectivity index (χ3n) is 2.30. The van der Waals surface area contributed by atoms with E-state index < -0.39 is 0 Å². The van der Waals surface area contributed by atoms with E-state index in [1.54, 1.807) is 13.2 Å². The summed E-state index contributed by atoms with van der Waals surface area (Å²) < 4.78 is 11.5. The van der Waals surface area contributed by atoms with Gasteiger partial charge >= 0.3 is 0 Å². The number of hydrogen-bond acceptors (Lipinski definition) is 6. The van der Waals surface area contributed by atoms with E-state index >= 15 is 0 Å². The lowest BCUT2D eigenvalue weighted by Crippen LogP contribution is -2.08. The Hall–Kier alpha value is -2.44. The summed E-state index contributed by atoms with van der Waals surface area (Å²) in [6.45, 7) is 0. The summed E-state index contributed by atoms with van der Waals surface area (Å²) in [6, 6.07) is 0. The van der Waals surface area contributed by atoms with Gasteiger partial charge in [-0.15, -0.1) is 0 Å². The summed E-state index contributed by atoms with van der Waals surface area (Å²) in [5.41, 5.74) is 0.557. The molecule has 0 atom stereocenters. The van der Waals surface area contributed by atoms with Crippen LogP contribution in [-0.4, -0.2) is 39.8 Å². The second-order valence-electron chi connectivity index (χ2n) is 3.50. The molecular formula is C11H12N4O3. The van der Waals surface area contributed by atoms with Crippen LogP contribution in [0.1, 0.15) is 16.1 Å². The zero-order chi connectivity index (χ0) is 13.1. The highest BCUT2D eigenvalue weighted by atomic mass is 16.5. The van der Waals surface area contributed by atoms with Gasteiger partial charge < -0.3 is 9.47 Å². The molecule has 2 rings (SSSR count). The first-order valence-corrected chi connectivity index (χ1v) is 5.14. The number of carbonyl (C=O) groups is 1. The van der Waals surface area contributed by atoms with Crippen molar-refractivity contribution < 1.29 is 14.3 Å².